The highest BCUT2D eigenvalue weighted by Gasteiger charge is 2.21. The standard InChI is InChI=1S/C17H17N3O4S2/c1-11-9-13(7-8-15(11)20(21)22)26(23,24)19-12(2)10-17-18-14-5-3-4-6-16(14)25-17/h3-9,12,19H,10H2,1-2H3/t12-/m0/s1. The number of para-hydroxylation sites is 1. The number of rotatable bonds is 6. The fourth-order valence-corrected chi connectivity index (χ4v) is 5.07. The molecule has 1 atom stereocenters. The summed E-state index contributed by atoms with van der Waals surface area (Å²) in [5.41, 5.74) is 1.09. The zero-order valence-corrected chi connectivity index (χ0v) is 15.8. The van der Waals surface area contributed by atoms with Crippen LogP contribution in [0.1, 0.15) is 17.5 Å². The van der Waals surface area contributed by atoms with Crippen LogP contribution in [0, 0.1) is 17.0 Å². The minimum absolute atomic E-state index is 0.0109. The number of hydrogen-bond acceptors (Lipinski definition) is 6. The Balaban J connectivity index is 1.76. The number of nitro groups is 1. The molecule has 9 heteroatoms. The van der Waals surface area contributed by atoms with Crippen LogP contribution in [-0.2, 0) is 16.4 Å². The second-order valence-electron chi connectivity index (χ2n) is 6.01. The van der Waals surface area contributed by atoms with E-state index in [4.69, 9.17) is 0 Å². The molecule has 1 heterocycles. The van der Waals surface area contributed by atoms with E-state index in [2.05, 4.69) is 9.71 Å². The first-order chi connectivity index (χ1) is 12.3. The molecule has 136 valence electrons. The maximum absolute atomic E-state index is 12.5. The second-order valence-corrected chi connectivity index (χ2v) is 8.84. The number of nitrogens with zero attached hydrogens (tertiary/aromatic N) is 2. The van der Waals surface area contributed by atoms with Gasteiger partial charge in [0, 0.05) is 24.1 Å². The summed E-state index contributed by atoms with van der Waals surface area (Å²) in [6.07, 6.45) is 0.463. The predicted octanol–water partition coefficient (Wildman–Crippen LogP) is 3.42. The van der Waals surface area contributed by atoms with E-state index in [0.717, 1.165) is 15.2 Å². The summed E-state index contributed by atoms with van der Waals surface area (Å²) in [4.78, 5) is 14.9. The normalized spacial score (nSPS) is 13.0. The van der Waals surface area contributed by atoms with Gasteiger partial charge < -0.3 is 0 Å². The molecule has 26 heavy (non-hydrogen) atoms. The number of fused-ring (bicyclic) bond motifs is 1. The fourth-order valence-electron chi connectivity index (χ4n) is 2.64. The van der Waals surface area contributed by atoms with Crippen LogP contribution in [0.15, 0.2) is 47.4 Å². The van der Waals surface area contributed by atoms with Gasteiger partial charge in [0.1, 0.15) is 0 Å². The molecule has 3 rings (SSSR count). The molecule has 0 unspecified atom stereocenters. The highest BCUT2D eigenvalue weighted by molar-refractivity contribution is 7.89. The molecule has 1 N–H and O–H groups in total. The first-order valence-corrected chi connectivity index (χ1v) is 10.2. The molecule has 2 aromatic carbocycles. The third-order valence-corrected chi connectivity index (χ3v) is 6.50. The molecule has 7 nitrogen and oxygen atoms in total. The zero-order valence-electron chi connectivity index (χ0n) is 14.2. The quantitative estimate of drug-likeness (QED) is 0.512. The van der Waals surface area contributed by atoms with Crippen molar-refractivity contribution in [1.82, 2.24) is 9.71 Å². The molecule has 0 aliphatic rings. The smallest absolute Gasteiger partial charge is 0.258 e. The van der Waals surface area contributed by atoms with Crippen LogP contribution in [-0.4, -0.2) is 24.4 Å². The third-order valence-electron chi connectivity index (χ3n) is 3.85. The Kier molecular flexibility index (Phi) is 5.03. The summed E-state index contributed by atoms with van der Waals surface area (Å²) in [7, 11) is -3.77. The zero-order chi connectivity index (χ0) is 18.9. The van der Waals surface area contributed by atoms with Gasteiger partial charge in [0.25, 0.3) is 5.69 Å². The summed E-state index contributed by atoms with van der Waals surface area (Å²) in [5.74, 6) is 0. The highest BCUT2D eigenvalue weighted by Crippen LogP contribution is 2.24. The minimum atomic E-state index is -3.77. The van der Waals surface area contributed by atoms with Crippen LogP contribution in [0.3, 0.4) is 0 Å². The highest BCUT2D eigenvalue weighted by atomic mass is 32.2. The Hall–Kier alpha value is -2.36. The number of aryl methyl sites for hydroxylation is 1. The molecule has 0 bridgehead atoms. The molecule has 1 aromatic heterocycles. The van der Waals surface area contributed by atoms with Crippen molar-refractivity contribution in [1.29, 1.82) is 0 Å². The van der Waals surface area contributed by atoms with Crippen LogP contribution < -0.4 is 4.72 Å². The number of hydrogen-bond donors (Lipinski definition) is 1. The van der Waals surface area contributed by atoms with Crippen LogP contribution in [0.4, 0.5) is 5.69 Å². The summed E-state index contributed by atoms with van der Waals surface area (Å²) >= 11 is 1.53. The lowest BCUT2D eigenvalue weighted by atomic mass is 10.2. The predicted molar refractivity (Wildman–Crippen MR) is 101 cm³/mol. The Bertz CT molecular complexity index is 1040. The van der Waals surface area contributed by atoms with Crippen molar-refractivity contribution < 1.29 is 13.3 Å². The van der Waals surface area contributed by atoms with Crippen molar-refractivity contribution in [2.75, 3.05) is 0 Å². The Morgan fingerprint density at radius 1 is 1.27 bits per heavy atom. The van der Waals surface area contributed by atoms with Gasteiger partial charge in [-0.2, -0.15) is 0 Å². The number of aromatic nitrogens is 1. The van der Waals surface area contributed by atoms with Crippen LogP contribution in [0.25, 0.3) is 10.2 Å². The maximum Gasteiger partial charge on any atom is 0.272 e. The van der Waals surface area contributed by atoms with E-state index >= 15 is 0 Å². The van der Waals surface area contributed by atoms with E-state index in [1.54, 1.807) is 6.92 Å². The molecule has 0 aliphatic heterocycles. The first kappa shape index (κ1) is 18.4. The minimum Gasteiger partial charge on any atom is -0.258 e. The van der Waals surface area contributed by atoms with Crippen molar-refractivity contribution in [3.63, 3.8) is 0 Å². The molecule has 0 aliphatic carbocycles. The molecule has 3 aromatic rings. The number of sulfonamides is 1. The summed E-state index contributed by atoms with van der Waals surface area (Å²) in [5, 5.41) is 11.7. The van der Waals surface area contributed by atoms with E-state index in [0.29, 0.717) is 12.0 Å². The van der Waals surface area contributed by atoms with Crippen molar-refractivity contribution in [2.45, 2.75) is 31.2 Å². The van der Waals surface area contributed by atoms with Gasteiger partial charge in [-0.1, -0.05) is 12.1 Å². The lowest BCUT2D eigenvalue weighted by molar-refractivity contribution is -0.385. The Morgan fingerprint density at radius 3 is 2.65 bits per heavy atom. The van der Waals surface area contributed by atoms with Crippen LogP contribution in [0.2, 0.25) is 0 Å². The van der Waals surface area contributed by atoms with Crippen molar-refractivity contribution >= 4 is 37.3 Å². The molecular weight excluding hydrogens is 374 g/mol. The topological polar surface area (TPSA) is 102 Å². The molecular formula is C17H17N3O4S2. The summed E-state index contributed by atoms with van der Waals surface area (Å²) in [6, 6.07) is 11.2. The third kappa shape index (κ3) is 3.90. The number of nitrogens with one attached hydrogen (secondary N) is 1. The molecule has 0 saturated carbocycles. The molecule has 0 spiro atoms. The van der Waals surface area contributed by atoms with E-state index in [1.165, 1.54) is 36.5 Å². The van der Waals surface area contributed by atoms with Crippen molar-refractivity contribution in [3.05, 3.63) is 63.1 Å². The van der Waals surface area contributed by atoms with E-state index in [-0.39, 0.29) is 16.6 Å². The number of thiazole rings is 1. The average molecular weight is 391 g/mol. The SMILES string of the molecule is Cc1cc(S(=O)(=O)N[C@@H](C)Cc2nc3ccccc3s2)ccc1[N+](=O)[O-]. The lowest BCUT2D eigenvalue weighted by Gasteiger charge is -2.13. The number of benzene rings is 2. The van der Waals surface area contributed by atoms with Crippen molar-refractivity contribution in [2.24, 2.45) is 0 Å². The molecule has 0 fully saturated rings. The van der Waals surface area contributed by atoms with E-state index in [9.17, 15) is 18.5 Å². The number of nitro benzene ring substituents is 1. The average Bonchev–Trinajstić information content (AvgIpc) is 2.95. The van der Waals surface area contributed by atoms with Crippen LogP contribution >= 0.6 is 11.3 Å². The van der Waals surface area contributed by atoms with Gasteiger partial charge in [0.15, 0.2) is 0 Å². The van der Waals surface area contributed by atoms with Gasteiger partial charge in [-0.3, -0.25) is 10.1 Å². The van der Waals surface area contributed by atoms with Gasteiger partial charge in [-0.15, -0.1) is 11.3 Å². The molecule has 0 radical (unpaired) electrons. The fraction of sp³-hybridized carbons (Fsp3) is 0.235. The van der Waals surface area contributed by atoms with Crippen LogP contribution in [0.5, 0.6) is 0 Å². The molecule has 0 amide bonds. The largest absolute Gasteiger partial charge is 0.272 e. The van der Waals surface area contributed by atoms with Gasteiger partial charge >= 0.3 is 0 Å². The van der Waals surface area contributed by atoms with Gasteiger partial charge in [0.05, 0.1) is 25.0 Å². The second kappa shape index (κ2) is 7.10. The Labute approximate surface area is 154 Å². The van der Waals surface area contributed by atoms with E-state index < -0.39 is 14.9 Å². The summed E-state index contributed by atoms with van der Waals surface area (Å²) in [6.45, 7) is 3.28. The maximum atomic E-state index is 12.5. The molecule has 0 saturated heterocycles. The van der Waals surface area contributed by atoms with Crippen molar-refractivity contribution in [3.8, 4) is 0 Å². The lowest BCUT2D eigenvalue weighted by Crippen LogP contribution is -2.34. The Morgan fingerprint density at radius 2 is 2.00 bits per heavy atom. The van der Waals surface area contributed by atoms with E-state index in [1.807, 2.05) is 24.3 Å². The summed E-state index contributed by atoms with van der Waals surface area (Å²) < 4.78 is 28.7. The van der Waals surface area contributed by atoms with Gasteiger partial charge in [0.2, 0.25) is 10.0 Å². The first-order valence-electron chi connectivity index (χ1n) is 7.88. The van der Waals surface area contributed by atoms with Gasteiger partial charge in [-0.05, 0) is 38.1 Å². The van der Waals surface area contributed by atoms with Gasteiger partial charge in [-0.25, -0.2) is 18.1 Å². The monoisotopic (exact) mass is 391 g/mol.